The Morgan fingerprint density at radius 2 is 1.87 bits per heavy atom. The summed E-state index contributed by atoms with van der Waals surface area (Å²) < 4.78 is 23.9. The highest BCUT2D eigenvalue weighted by atomic mass is 32.2. The van der Waals surface area contributed by atoms with Gasteiger partial charge in [0.1, 0.15) is 0 Å². The van der Waals surface area contributed by atoms with E-state index in [2.05, 4.69) is 4.99 Å². The number of fused-ring (bicyclic) bond motifs is 1. The number of amidine groups is 1. The number of hydrogen-bond acceptors (Lipinski definition) is 4. The minimum absolute atomic E-state index is 0.0632. The lowest BCUT2D eigenvalue weighted by Gasteiger charge is -2.25. The van der Waals surface area contributed by atoms with E-state index in [1.54, 1.807) is 0 Å². The number of hydrogen-bond donors (Lipinski definition) is 0. The Labute approximate surface area is 141 Å². The SMILES string of the molecule is CC(C)(C)C(=O)N=C1S[C@H]2CS(=O)(=O)C[C@H]2N1c1ccccc1. The van der Waals surface area contributed by atoms with Gasteiger partial charge in [-0.1, -0.05) is 50.7 Å². The standard InChI is InChI=1S/C16H20N2O3S2/c1-16(2,3)14(19)17-15-18(11-7-5-4-6-8-11)12-9-23(20,21)10-13(12)22-15/h4-8,12-13H,9-10H2,1-3H3/t12-,13+/m1/s1. The molecule has 0 spiro atoms. The zero-order chi connectivity index (χ0) is 16.8. The molecule has 0 aromatic heterocycles. The fourth-order valence-electron chi connectivity index (χ4n) is 2.71. The monoisotopic (exact) mass is 352 g/mol. The topological polar surface area (TPSA) is 66.8 Å². The van der Waals surface area contributed by atoms with E-state index in [9.17, 15) is 13.2 Å². The summed E-state index contributed by atoms with van der Waals surface area (Å²) in [5, 5.41) is 0.549. The Morgan fingerprint density at radius 1 is 1.22 bits per heavy atom. The fourth-order valence-corrected chi connectivity index (χ4v) is 6.62. The average Bonchev–Trinajstić information content (AvgIpc) is 2.89. The van der Waals surface area contributed by atoms with Crippen LogP contribution < -0.4 is 4.90 Å². The minimum atomic E-state index is -3.03. The van der Waals surface area contributed by atoms with Crippen molar-refractivity contribution in [3.8, 4) is 0 Å². The lowest BCUT2D eigenvalue weighted by atomic mass is 9.96. The van der Waals surface area contributed by atoms with Gasteiger partial charge in [0.15, 0.2) is 15.0 Å². The number of benzene rings is 1. The van der Waals surface area contributed by atoms with Crippen molar-refractivity contribution in [1.29, 1.82) is 0 Å². The lowest BCUT2D eigenvalue weighted by molar-refractivity contribution is -0.124. The maximum Gasteiger partial charge on any atom is 0.253 e. The van der Waals surface area contributed by atoms with Crippen LogP contribution in [0.1, 0.15) is 20.8 Å². The van der Waals surface area contributed by atoms with Crippen molar-refractivity contribution < 1.29 is 13.2 Å². The maximum absolute atomic E-state index is 12.3. The molecule has 7 heteroatoms. The van der Waals surface area contributed by atoms with Gasteiger partial charge in [0.05, 0.1) is 17.5 Å². The van der Waals surface area contributed by atoms with Crippen molar-refractivity contribution in [2.24, 2.45) is 10.4 Å². The molecule has 1 aromatic carbocycles. The Kier molecular flexibility index (Phi) is 4.04. The van der Waals surface area contributed by atoms with E-state index in [0.29, 0.717) is 5.17 Å². The molecule has 2 fully saturated rings. The van der Waals surface area contributed by atoms with Crippen molar-refractivity contribution in [2.45, 2.75) is 32.1 Å². The van der Waals surface area contributed by atoms with Crippen LogP contribution in [0.15, 0.2) is 35.3 Å². The molecular weight excluding hydrogens is 332 g/mol. The van der Waals surface area contributed by atoms with Crippen LogP contribution in [0.25, 0.3) is 0 Å². The highest BCUT2D eigenvalue weighted by molar-refractivity contribution is 8.16. The normalized spacial score (nSPS) is 28.1. The van der Waals surface area contributed by atoms with Gasteiger partial charge in [-0.2, -0.15) is 4.99 Å². The summed E-state index contributed by atoms with van der Waals surface area (Å²) in [6.07, 6.45) is 0. The van der Waals surface area contributed by atoms with Crippen LogP contribution >= 0.6 is 11.8 Å². The van der Waals surface area contributed by atoms with Crippen LogP contribution in [0.4, 0.5) is 5.69 Å². The first kappa shape index (κ1) is 16.5. The Bertz CT molecular complexity index is 751. The number of anilines is 1. The number of amides is 1. The number of para-hydroxylation sites is 1. The largest absolute Gasteiger partial charge is 0.316 e. The van der Waals surface area contributed by atoms with E-state index in [4.69, 9.17) is 0 Å². The fraction of sp³-hybridized carbons (Fsp3) is 0.500. The van der Waals surface area contributed by atoms with E-state index < -0.39 is 15.3 Å². The van der Waals surface area contributed by atoms with Crippen molar-refractivity contribution >= 4 is 38.4 Å². The molecule has 0 unspecified atom stereocenters. The predicted octanol–water partition coefficient (Wildman–Crippen LogP) is 2.33. The molecule has 2 aliphatic heterocycles. The van der Waals surface area contributed by atoms with Crippen LogP contribution in [0.2, 0.25) is 0 Å². The number of thioether (sulfide) groups is 1. The first-order valence-corrected chi connectivity index (χ1v) is 10.2. The summed E-state index contributed by atoms with van der Waals surface area (Å²) >= 11 is 1.41. The second-order valence-electron chi connectivity index (χ2n) is 6.96. The third kappa shape index (κ3) is 3.30. The Hall–Kier alpha value is -1.34. The predicted molar refractivity (Wildman–Crippen MR) is 94.6 cm³/mol. The summed E-state index contributed by atoms with van der Waals surface area (Å²) in [6.45, 7) is 5.49. The summed E-state index contributed by atoms with van der Waals surface area (Å²) in [5.41, 5.74) is 0.324. The number of sulfone groups is 1. The molecule has 5 nitrogen and oxygen atoms in total. The van der Waals surface area contributed by atoms with Gasteiger partial charge in [-0.15, -0.1) is 0 Å². The first-order valence-electron chi connectivity index (χ1n) is 7.52. The molecule has 0 radical (unpaired) electrons. The molecule has 0 aliphatic carbocycles. The third-order valence-electron chi connectivity index (χ3n) is 3.94. The van der Waals surface area contributed by atoms with Gasteiger partial charge < -0.3 is 4.90 Å². The van der Waals surface area contributed by atoms with Crippen molar-refractivity contribution in [2.75, 3.05) is 16.4 Å². The minimum Gasteiger partial charge on any atom is -0.316 e. The van der Waals surface area contributed by atoms with Crippen LogP contribution in [0.3, 0.4) is 0 Å². The molecule has 2 saturated heterocycles. The van der Waals surface area contributed by atoms with Crippen LogP contribution in [-0.4, -0.2) is 42.3 Å². The smallest absolute Gasteiger partial charge is 0.253 e. The van der Waals surface area contributed by atoms with Gasteiger partial charge in [-0.05, 0) is 12.1 Å². The zero-order valence-electron chi connectivity index (χ0n) is 13.4. The maximum atomic E-state index is 12.3. The quantitative estimate of drug-likeness (QED) is 0.776. The van der Waals surface area contributed by atoms with Gasteiger partial charge in [-0.25, -0.2) is 8.42 Å². The van der Waals surface area contributed by atoms with E-state index in [1.165, 1.54) is 11.8 Å². The van der Waals surface area contributed by atoms with Crippen LogP contribution in [0.5, 0.6) is 0 Å². The van der Waals surface area contributed by atoms with Gasteiger partial charge in [0.25, 0.3) is 5.91 Å². The Balaban J connectivity index is 2.01. The van der Waals surface area contributed by atoms with Gasteiger partial charge in [0, 0.05) is 16.4 Å². The second kappa shape index (κ2) is 5.63. The molecule has 1 aromatic rings. The van der Waals surface area contributed by atoms with Crippen LogP contribution in [0, 0.1) is 5.41 Å². The first-order chi connectivity index (χ1) is 10.7. The number of carbonyl (C=O) groups is 1. The van der Waals surface area contributed by atoms with E-state index in [-0.39, 0.29) is 28.7 Å². The van der Waals surface area contributed by atoms with E-state index >= 15 is 0 Å². The van der Waals surface area contributed by atoms with Gasteiger partial charge >= 0.3 is 0 Å². The molecule has 124 valence electrons. The average molecular weight is 352 g/mol. The molecule has 2 heterocycles. The summed E-state index contributed by atoms with van der Waals surface area (Å²) in [6, 6.07) is 9.40. The Morgan fingerprint density at radius 3 is 2.48 bits per heavy atom. The molecule has 3 rings (SSSR count). The second-order valence-corrected chi connectivity index (χ2v) is 10.3. The van der Waals surface area contributed by atoms with E-state index in [0.717, 1.165) is 5.69 Å². The number of carbonyl (C=O) groups excluding carboxylic acids is 1. The molecule has 0 bridgehead atoms. The molecular formula is C16H20N2O3S2. The molecule has 2 atom stereocenters. The van der Waals surface area contributed by atoms with Crippen molar-refractivity contribution in [3.63, 3.8) is 0 Å². The lowest BCUT2D eigenvalue weighted by Crippen LogP contribution is -2.38. The highest BCUT2D eigenvalue weighted by Crippen LogP contribution is 2.41. The van der Waals surface area contributed by atoms with Crippen molar-refractivity contribution in [3.05, 3.63) is 30.3 Å². The zero-order valence-corrected chi connectivity index (χ0v) is 15.0. The molecule has 2 aliphatic rings. The van der Waals surface area contributed by atoms with Crippen LogP contribution in [-0.2, 0) is 14.6 Å². The number of rotatable bonds is 1. The molecule has 23 heavy (non-hydrogen) atoms. The summed E-state index contributed by atoms with van der Waals surface area (Å²) in [4.78, 5) is 18.5. The summed E-state index contributed by atoms with van der Waals surface area (Å²) in [5.74, 6) is 0.0696. The van der Waals surface area contributed by atoms with E-state index in [1.807, 2.05) is 56.0 Å². The molecule has 1 amide bonds. The number of aliphatic imine (C=N–C) groups is 1. The number of nitrogens with zero attached hydrogens (tertiary/aromatic N) is 2. The summed E-state index contributed by atoms with van der Waals surface area (Å²) in [7, 11) is -3.03. The van der Waals surface area contributed by atoms with Gasteiger partial charge in [0.2, 0.25) is 0 Å². The highest BCUT2D eigenvalue weighted by Gasteiger charge is 2.49. The third-order valence-corrected chi connectivity index (χ3v) is 7.15. The van der Waals surface area contributed by atoms with Crippen molar-refractivity contribution in [1.82, 2.24) is 0 Å². The van der Waals surface area contributed by atoms with Gasteiger partial charge in [-0.3, -0.25) is 4.79 Å². The molecule has 0 saturated carbocycles. The molecule has 0 N–H and O–H groups in total.